The number of hydrogen-bond donors (Lipinski definition) is 0. The summed E-state index contributed by atoms with van der Waals surface area (Å²) in [7, 11) is 0. The molecule has 5 unspecified atom stereocenters. The van der Waals surface area contributed by atoms with Gasteiger partial charge in [-0.3, -0.25) is 9.59 Å². The molecule has 5 heteroatoms. The highest BCUT2D eigenvalue weighted by Crippen LogP contribution is 2.47. The highest BCUT2D eigenvalue weighted by molar-refractivity contribution is 5.76. The van der Waals surface area contributed by atoms with E-state index in [1.54, 1.807) is 0 Å². The van der Waals surface area contributed by atoms with Gasteiger partial charge in [-0.25, -0.2) is 0 Å². The topological polar surface area (TPSA) is 61.8 Å². The molecule has 0 radical (unpaired) electrons. The first-order valence-electron chi connectivity index (χ1n) is 4.72. The third-order valence-electron chi connectivity index (χ3n) is 3.38. The van der Waals surface area contributed by atoms with Crippen molar-refractivity contribution in [3.05, 3.63) is 0 Å². The van der Waals surface area contributed by atoms with Crippen LogP contribution in [-0.4, -0.2) is 37.4 Å². The minimum atomic E-state index is -0.273. The highest BCUT2D eigenvalue weighted by atomic mass is 16.6. The number of esters is 1. The highest BCUT2D eigenvalue weighted by Gasteiger charge is 2.61. The van der Waals surface area contributed by atoms with E-state index in [2.05, 4.69) is 0 Å². The lowest BCUT2D eigenvalue weighted by Gasteiger charge is -2.22. The van der Waals surface area contributed by atoms with Gasteiger partial charge in [0.15, 0.2) is 0 Å². The molecule has 0 aliphatic carbocycles. The van der Waals surface area contributed by atoms with E-state index in [0.29, 0.717) is 19.5 Å². The van der Waals surface area contributed by atoms with Crippen LogP contribution < -0.4 is 0 Å². The molecular formula is C9H10O5. The lowest BCUT2D eigenvalue weighted by Crippen LogP contribution is -2.38. The molecule has 0 aromatic heterocycles. The Kier molecular flexibility index (Phi) is 1.58. The SMILES string of the molecule is O=COC1CC2OC1C1C(=O)OCC21. The van der Waals surface area contributed by atoms with Crippen LogP contribution in [0.3, 0.4) is 0 Å². The van der Waals surface area contributed by atoms with Gasteiger partial charge in [0.05, 0.1) is 18.6 Å². The molecule has 3 rings (SSSR count). The molecule has 3 aliphatic heterocycles. The minimum Gasteiger partial charge on any atom is -0.465 e. The third-order valence-corrected chi connectivity index (χ3v) is 3.38. The maximum Gasteiger partial charge on any atom is 0.312 e. The second kappa shape index (κ2) is 2.70. The van der Waals surface area contributed by atoms with Crippen molar-refractivity contribution >= 4 is 12.4 Å². The molecular weight excluding hydrogens is 188 g/mol. The van der Waals surface area contributed by atoms with E-state index in [1.807, 2.05) is 0 Å². The molecule has 3 aliphatic rings. The fourth-order valence-corrected chi connectivity index (χ4v) is 2.77. The standard InChI is InChI=1S/C9H10O5/c10-3-13-6-1-5-4-2-12-9(11)7(4)8(6)14-5/h3-8H,1-2H2. The number of carbonyl (C=O) groups is 2. The summed E-state index contributed by atoms with van der Waals surface area (Å²) in [6.07, 6.45) is 0.192. The Hall–Kier alpha value is -1.10. The maximum atomic E-state index is 11.3. The summed E-state index contributed by atoms with van der Waals surface area (Å²) in [5.74, 6) is -0.237. The quantitative estimate of drug-likeness (QED) is 0.441. The Bertz CT molecular complexity index is 287. The Balaban J connectivity index is 1.83. The van der Waals surface area contributed by atoms with E-state index in [-0.39, 0.29) is 36.1 Å². The Labute approximate surface area is 80.3 Å². The van der Waals surface area contributed by atoms with Crippen LogP contribution >= 0.6 is 0 Å². The van der Waals surface area contributed by atoms with Gasteiger partial charge in [0.1, 0.15) is 12.2 Å². The predicted molar refractivity (Wildman–Crippen MR) is 42.2 cm³/mol. The molecule has 14 heavy (non-hydrogen) atoms. The average Bonchev–Trinajstić information content (AvgIpc) is 2.78. The van der Waals surface area contributed by atoms with Crippen molar-refractivity contribution in [1.82, 2.24) is 0 Å². The third kappa shape index (κ3) is 0.877. The van der Waals surface area contributed by atoms with Gasteiger partial charge in [0.25, 0.3) is 6.47 Å². The van der Waals surface area contributed by atoms with Crippen molar-refractivity contribution in [3.8, 4) is 0 Å². The first kappa shape index (κ1) is 8.23. The van der Waals surface area contributed by atoms with E-state index >= 15 is 0 Å². The molecule has 3 fully saturated rings. The van der Waals surface area contributed by atoms with Crippen LogP contribution in [0, 0.1) is 11.8 Å². The van der Waals surface area contributed by atoms with E-state index in [1.165, 1.54) is 0 Å². The van der Waals surface area contributed by atoms with Gasteiger partial charge in [-0.15, -0.1) is 0 Å². The number of ether oxygens (including phenoxy) is 3. The lowest BCUT2D eigenvalue weighted by molar-refractivity contribution is -0.148. The van der Waals surface area contributed by atoms with Crippen molar-refractivity contribution in [1.29, 1.82) is 0 Å². The predicted octanol–water partition coefficient (Wildman–Crippen LogP) is -0.512. The lowest BCUT2D eigenvalue weighted by atomic mass is 9.80. The molecule has 76 valence electrons. The van der Waals surface area contributed by atoms with Crippen molar-refractivity contribution in [2.45, 2.75) is 24.7 Å². The monoisotopic (exact) mass is 198 g/mol. The van der Waals surface area contributed by atoms with Crippen molar-refractivity contribution < 1.29 is 23.8 Å². The molecule has 5 nitrogen and oxygen atoms in total. The molecule has 3 saturated heterocycles. The van der Waals surface area contributed by atoms with Crippen molar-refractivity contribution in [2.75, 3.05) is 6.61 Å². The first-order chi connectivity index (χ1) is 6.81. The second-order valence-electron chi connectivity index (χ2n) is 3.97. The molecule has 0 saturated carbocycles. The van der Waals surface area contributed by atoms with Gasteiger partial charge >= 0.3 is 5.97 Å². The van der Waals surface area contributed by atoms with Crippen molar-refractivity contribution in [2.24, 2.45) is 11.8 Å². The Morgan fingerprint density at radius 3 is 3.14 bits per heavy atom. The Morgan fingerprint density at radius 2 is 2.36 bits per heavy atom. The van der Waals surface area contributed by atoms with Crippen LogP contribution in [0.5, 0.6) is 0 Å². The molecule has 3 heterocycles. The zero-order valence-corrected chi connectivity index (χ0v) is 7.42. The van der Waals surface area contributed by atoms with Crippen LogP contribution in [0.25, 0.3) is 0 Å². The zero-order valence-electron chi connectivity index (χ0n) is 7.42. The van der Waals surface area contributed by atoms with Crippen LogP contribution in [0.1, 0.15) is 6.42 Å². The van der Waals surface area contributed by atoms with E-state index in [0.717, 1.165) is 0 Å². The summed E-state index contributed by atoms with van der Waals surface area (Å²) in [6, 6.07) is 0. The second-order valence-corrected chi connectivity index (χ2v) is 3.97. The minimum absolute atomic E-state index is 0.0291. The number of cyclic esters (lactones) is 1. The molecule has 0 aromatic rings. The zero-order chi connectivity index (χ0) is 9.71. The fourth-order valence-electron chi connectivity index (χ4n) is 2.77. The van der Waals surface area contributed by atoms with Gasteiger partial charge < -0.3 is 14.2 Å². The van der Waals surface area contributed by atoms with Gasteiger partial charge in [0.2, 0.25) is 0 Å². The largest absolute Gasteiger partial charge is 0.465 e. The normalized spacial score (nSPS) is 48.9. The number of fused-ring (bicyclic) bond motifs is 5. The van der Waals surface area contributed by atoms with Crippen LogP contribution in [-0.2, 0) is 23.8 Å². The average molecular weight is 198 g/mol. The van der Waals surface area contributed by atoms with Gasteiger partial charge in [0, 0.05) is 12.3 Å². The first-order valence-corrected chi connectivity index (χ1v) is 4.72. The summed E-state index contributed by atoms with van der Waals surface area (Å²) in [5.41, 5.74) is 0. The number of carbonyl (C=O) groups excluding carboxylic acids is 2. The Morgan fingerprint density at radius 1 is 1.50 bits per heavy atom. The number of hydrogen-bond acceptors (Lipinski definition) is 5. The summed E-state index contributed by atoms with van der Waals surface area (Å²) >= 11 is 0. The molecule has 0 spiro atoms. The molecule has 0 amide bonds. The number of rotatable bonds is 2. The van der Waals surface area contributed by atoms with Gasteiger partial charge in [-0.05, 0) is 0 Å². The molecule has 0 aromatic carbocycles. The van der Waals surface area contributed by atoms with Crippen LogP contribution in [0.2, 0.25) is 0 Å². The summed E-state index contributed by atoms with van der Waals surface area (Å²) in [5, 5.41) is 0. The summed E-state index contributed by atoms with van der Waals surface area (Å²) in [4.78, 5) is 21.6. The molecule has 2 bridgehead atoms. The van der Waals surface area contributed by atoms with E-state index in [4.69, 9.17) is 14.2 Å². The van der Waals surface area contributed by atoms with Gasteiger partial charge in [-0.2, -0.15) is 0 Å². The van der Waals surface area contributed by atoms with Gasteiger partial charge in [-0.1, -0.05) is 0 Å². The molecule has 5 atom stereocenters. The van der Waals surface area contributed by atoms with Crippen LogP contribution in [0.15, 0.2) is 0 Å². The fraction of sp³-hybridized carbons (Fsp3) is 0.778. The smallest absolute Gasteiger partial charge is 0.312 e. The summed E-state index contributed by atoms with van der Waals surface area (Å²) in [6.45, 7) is 0.877. The van der Waals surface area contributed by atoms with Crippen molar-refractivity contribution in [3.63, 3.8) is 0 Å². The van der Waals surface area contributed by atoms with E-state index < -0.39 is 0 Å². The maximum absolute atomic E-state index is 11.3. The molecule has 0 N–H and O–H groups in total. The van der Waals surface area contributed by atoms with E-state index in [9.17, 15) is 9.59 Å². The van der Waals surface area contributed by atoms with Crippen LogP contribution in [0.4, 0.5) is 0 Å². The summed E-state index contributed by atoms with van der Waals surface area (Å²) < 4.78 is 15.4.